The van der Waals surface area contributed by atoms with Gasteiger partial charge in [-0.15, -0.1) is 0 Å². The van der Waals surface area contributed by atoms with Gasteiger partial charge in [-0.2, -0.15) is 0 Å². The van der Waals surface area contributed by atoms with E-state index < -0.39 is 5.60 Å². The highest BCUT2D eigenvalue weighted by molar-refractivity contribution is 5.71. The second-order valence-electron chi connectivity index (χ2n) is 4.10. The fourth-order valence-electron chi connectivity index (χ4n) is 2.14. The van der Waals surface area contributed by atoms with Crippen LogP contribution in [0, 0.1) is 0 Å². The Morgan fingerprint density at radius 1 is 1.40 bits per heavy atom. The standard InChI is InChI=1S/C12H14O3/c1-15-11(13)8-12(14)6-9-4-2-3-5-10(9)7-12/h2-5,14H,6-8H2,1H3. The maximum atomic E-state index is 11.1. The highest BCUT2D eigenvalue weighted by atomic mass is 16.5. The van der Waals surface area contributed by atoms with Gasteiger partial charge in [-0.05, 0) is 11.1 Å². The van der Waals surface area contributed by atoms with E-state index in [9.17, 15) is 9.90 Å². The van der Waals surface area contributed by atoms with Gasteiger partial charge in [-0.25, -0.2) is 0 Å². The number of hydrogen-bond acceptors (Lipinski definition) is 3. The molecule has 0 spiro atoms. The highest BCUT2D eigenvalue weighted by Crippen LogP contribution is 2.32. The molecule has 0 unspecified atom stereocenters. The quantitative estimate of drug-likeness (QED) is 0.736. The first-order valence-electron chi connectivity index (χ1n) is 4.99. The fourth-order valence-corrected chi connectivity index (χ4v) is 2.14. The zero-order valence-corrected chi connectivity index (χ0v) is 8.69. The molecule has 1 aliphatic carbocycles. The maximum absolute atomic E-state index is 11.1. The molecule has 0 bridgehead atoms. The molecule has 0 saturated heterocycles. The lowest BCUT2D eigenvalue weighted by Gasteiger charge is -2.20. The Kier molecular flexibility index (Phi) is 2.49. The number of carbonyl (C=O) groups is 1. The zero-order valence-electron chi connectivity index (χ0n) is 8.69. The molecule has 3 heteroatoms. The van der Waals surface area contributed by atoms with Crippen molar-refractivity contribution in [3.05, 3.63) is 35.4 Å². The molecule has 15 heavy (non-hydrogen) atoms. The normalized spacial score (nSPS) is 17.2. The molecule has 0 atom stereocenters. The summed E-state index contributed by atoms with van der Waals surface area (Å²) >= 11 is 0. The van der Waals surface area contributed by atoms with Gasteiger partial charge in [0.05, 0.1) is 19.1 Å². The summed E-state index contributed by atoms with van der Waals surface area (Å²) in [6, 6.07) is 7.88. The largest absolute Gasteiger partial charge is 0.469 e. The molecule has 3 nitrogen and oxygen atoms in total. The van der Waals surface area contributed by atoms with Crippen molar-refractivity contribution in [2.45, 2.75) is 24.9 Å². The van der Waals surface area contributed by atoms with Crippen molar-refractivity contribution >= 4 is 5.97 Å². The Morgan fingerprint density at radius 3 is 2.40 bits per heavy atom. The maximum Gasteiger partial charge on any atom is 0.308 e. The number of carbonyl (C=O) groups excluding carboxylic acids is 1. The van der Waals surface area contributed by atoms with E-state index in [2.05, 4.69) is 4.74 Å². The van der Waals surface area contributed by atoms with E-state index in [-0.39, 0.29) is 12.4 Å². The Morgan fingerprint density at radius 2 is 1.93 bits per heavy atom. The Hall–Kier alpha value is -1.35. The van der Waals surface area contributed by atoms with Gasteiger partial charge >= 0.3 is 5.97 Å². The number of methoxy groups -OCH3 is 1. The minimum atomic E-state index is -0.948. The smallest absolute Gasteiger partial charge is 0.308 e. The van der Waals surface area contributed by atoms with E-state index in [1.54, 1.807) is 0 Å². The summed E-state index contributed by atoms with van der Waals surface area (Å²) in [6.07, 6.45) is 1.15. The van der Waals surface area contributed by atoms with Crippen molar-refractivity contribution in [1.82, 2.24) is 0 Å². The number of aliphatic hydroxyl groups is 1. The van der Waals surface area contributed by atoms with Crippen molar-refractivity contribution in [2.24, 2.45) is 0 Å². The summed E-state index contributed by atoms with van der Waals surface area (Å²) in [4.78, 5) is 11.1. The fraction of sp³-hybridized carbons (Fsp3) is 0.417. The molecule has 1 N–H and O–H groups in total. The van der Waals surface area contributed by atoms with Crippen LogP contribution in [0.15, 0.2) is 24.3 Å². The second-order valence-corrected chi connectivity index (χ2v) is 4.10. The van der Waals surface area contributed by atoms with Crippen LogP contribution in [0.1, 0.15) is 17.5 Å². The number of hydrogen-bond donors (Lipinski definition) is 1. The molecule has 0 amide bonds. The third-order valence-electron chi connectivity index (χ3n) is 2.86. The lowest BCUT2D eigenvalue weighted by molar-refractivity contribution is -0.145. The number of ether oxygens (including phenoxy) is 1. The van der Waals surface area contributed by atoms with Crippen molar-refractivity contribution < 1.29 is 14.6 Å². The minimum Gasteiger partial charge on any atom is -0.469 e. The second kappa shape index (κ2) is 3.66. The average molecular weight is 206 g/mol. The summed E-state index contributed by atoms with van der Waals surface area (Å²) < 4.78 is 4.58. The van der Waals surface area contributed by atoms with Crippen LogP contribution in [-0.2, 0) is 22.4 Å². The Balaban J connectivity index is 2.14. The lowest BCUT2D eigenvalue weighted by atomic mass is 9.96. The van der Waals surface area contributed by atoms with E-state index in [4.69, 9.17) is 0 Å². The van der Waals surface area contributed by atoms with Crippen LogP contribution in [0.25, 0.3) is 0 Å². The van der Waals surface area contributed by atoms with Crippen LogP contribution in [-0.4, -0.2) is 23.8 Å². The van der Waals surface area contributed by atoms with Gasteiger partial charge in [0.2, 0.25) is 0 Å². The minimum absolute atomic E-state index is 0.0676. The molecule has 0 aromatic heterocycles. The summed E-state index contributed by atoms with van der Waals surface area (Å²) in [7, 11) is 1.34. The van der Waals surface area contributed by atoms with Crippen LogP contribution in [0.3, 0.4) is 0 Å². The number of rotatable bonds is 2. The van der Waals surface area contributed by atoms with Gasteiger partial charge in [-0.1, -0.05) is 24.3 Å². The van der Waals surface area contributed by atoms with E-state index >= 15 is 0 Å². The molecule has 1 aliphatic rings. The molecule has 0 heterocycles. The van der Waals surface area contributed by atoms with Crippen LogP contribution in [0.4, 0.5) is 0 Å². The van der Waals surface area contributed by atoms with Gasteiger partial charge in [0, 0.05) is 12.8 Å². The number of fused-ring (bicyclic) bond motifs is 1. The Labute approximate surface area is 88.7 Å². The van der Waals surface area contributed by atoms with Gasteiger partial charge in [0.15, 0.2) is 0 Å². The topological polar surface area (TPSA) is 46.5 Å². The van der Waals surface area contributed by atoms with Gasteiger partial charge < -0.3 is 9.84 Å². The van der Waals surface area contributed by atoms with Crippen molar-refractivity contribution in [3.8, 4) is 0 Å². The lowest BCUT2D eigenvalue weighted by Crippen LogP contribution is -2.32. The van der Waals surface area contributed by atoms with Crippen molar-refractivity contribution in [2.75, 3.05) is 7.11 Å². The zero-order chi connectivity index (χ0) is 10.9. The number of esters is 1. The first-order valence-corrected chi connectivity index (χ1v) is 4.99. The third-order valence-corrected chi connectivity index (χ3v) is 2.86. The molecule has 1 aromatic carbocycles. The molecule has 2 rings (SSSR count). The summed E-state index contributed by atoms with van der Waals surface area (Å²) in [5, 5.41) is 10.2. The molecule has 80 valence electrons. The first-order chi connectivity index (χ1) is 7.13. The van der Waals surface area contributed by atoms with E-state index in [1.807, 2.05) is 24.3 Å². The van der Waals surface area contributed by atoms with Gasteiger partial charge in [0.25, 0.3) is 0 Å². The van der Waals surface area contributed by atoms with E-state index in [0.717, 1.165) is 11.1 Å². The molecule has 0 aliphatic heterocycles. The highest BCUT2D eigenvalue weighted by Gasteiger charge is 2.37. The van der Waals surface area contributed by atoms with Crippen LogP contribution in [0.5, 0.6) is 0 Å². The molecular formula is C12H14O3. The number of benzene rings is 1. The summed E-state index contributed by atoms with van der Waals surface area (Å²) in [6.45, 7) is 0. The molecule has 1 aromatic rings. The van der Waals surface area contributed by atoms with Crippen molar-refractivity contribution in [1.29, 1.82) is 0 Å². The van der Waals surface area contributed by atoms with Gasteiger partial charge in [0.1, 0.15) is 0 Å². The van der Waals surface area contributed by atoms with E-state index in [1.165, 1.54) is 7.11 Å². The SMILES string of the molecule is COC(=O)CC1(O)Cc2ccccc2C1. The molecule has 0 radical (unpaired) electrons. The van der Waals surface area contributed by atoms with Crippen LogP contribution >= 0.6 is 0 Å². The predicted octanol–water partition coefficient (Wildman–Crippen LogP) is 1.08. The molecular weight excluding hydrogens is 192 g/mol. The van der Waals surface area contributed by atoms with Crippen LogP contribution in [0.2, 0.25) is 0 Å². The summed E-state index contributed by atoms with van der Waals surface area (Å²) in [5.41, 5.74) is 1.31. The monoisotopic (exact) mass is 206 g/mol. The van der Waals surface area contributed by atoms with Crippen LogP contribution < -0.4 is 0 Å². The molecule has 0 fully saturated rings. The Bertz CT molecular complexity index is 359. The first kappa shape index (κ1) is 10.2. The third kappa shape index (κ3) is 2.02. The average Bonchev–Trinajstić information content (AvgIpc) is 2.53. The van der Waals surface area contributed by atoms with E-state index in [0.29, 0.717) is 12.8 Å². The van der Waals surface area contributed by atoms with Crippen molar-refractivity contribution in [3.63, 3.8) is 0 Å². The molecule has 0 saturated carbocycles. The predicted molar refractivity (Wildman–Crippen MR) is 55.4 cm³/mol. The summed E-state index contributed by atoms with van der Waals surface area (Å²) in [5.74, 6) is -0.356. The van der Waals surface area contributed by atoms with Gasteiger partial charge in [-0.3, -0.25) is 4.79 Å².